The molecule has 3 aromatic rings. The van der Waals surface area contributed by atoms with Crippen LogP contribution in [-0.4, -0.2) is 47.1 Å². The Kier molecular flexibility index (Phi) is 4.51. The highest BCUT2D eigenvalue weighted by Gasteiger charge is 2.50. The van der Waals surface area contributed by atoms with Gasteiger partial charge in [0.15, 0.2) is 0 Å². The Hall–Kier alpha value is -3.85. The second kappa shape index (κ2) is 7.57. The van der Waals surface area contributed by atoms with E-state index in [2.05, 4.69) is 17.5 Å². The lowest BCUT2D eigenvalue weighted by atomic mass is 9.63. The molecule has 0 unspecified atom stereocenters. The lowest BCUT2D eigenvalue weighted by molar-refractivity contribution is -0.136. The number of aromatic nitrogens is 1. The van der Waals surface area contributed by atoms with Crippen molar-refractivity contribution in [2.24, 2.45) is 11.3 Å². The van der Waals surface area contributed by atoms with E-state index in [-0.39, 0.29) is 17.1 Å². The zero-order valence-electron chi connectivity index (χ0n) is 20.2. The number of carbonyl (C=O) groups is 1. The quantitative estimate of drug-likeness (QED) is 0.552. The second-order valence-corrected chi connectivity index (χ2v) is 11.2. The highest BCUT2D eigenvalue weighted by Crippen LogP contribution is 2.55. The summed E-state index contributed by atoms with van der Waals surface area (Å²) >= 11 is 0. The first-order valence-corrected chi connectivity index (χ1v) is 12.8. The number of phenols is 1. The Bertz CT molecular complexity index is 1490. The molecule has 180 valence electrons. The molecule has 3 fully saturated rings. The lowest BCUT2D eigenvalue weighted by Crippen LogP contribution is -2.59. The summed E-state index contributed by atoms with van der Waals surface area (Å²) in [7, 11) is 0. The van der Waals surface area contributed by atoms with E-state index in [0.29, 0.717) is 17.4 Å². The Balaban J connectivity index is 1.39. The first-order chi connectivity index (χ1) is 17.5. The molecule has 1 N–H and O–H groups in total. The predicted octanol–water partition coefficient (Wildman–Crippen LogP) is 4.75. The minimum absolute atomic E-state index is 0.0167. The fourth-order valence-corrected chi connectivity index (χ4v) is 7.14. The highest BCUT2D eigenvalue weighted by atomic mass is 16.3. The van der Waals surface area contributed by atoms with Crippen LogP contribution in [0.4, 0.5) is 5.82 Å². The van der Waals surface area contributed by atoms with Gasteiger partial charge in [-0.05, 0) is 60.1 Å². The van der Waals surface area contributed by atoms with Crippen LogP contribution in [0.25, 0.3) is 21.9 Å². The Morgan fingerprint density at radius 1 is 1.17 bits per heavy atom. The maximum absolute atomic E-state index is 12.0. The van der Waals surface area contributed by atoms with E-state index in [1.54, 1.807) is 6.07 Å². The SMILES string of the molecule is C=CC(=O)N1CC2(CCN(c3nc4c(c(-c5c(O)ccc6ccccc56)c3C#N)CC3CC4C3)C2)C1. The minimum atomic E-state index is -0.0167. The summed E-state index contributed by atoms with van der Waals surface area (Å²) in [6, 6.07) is 14.3. The zero-order chi connectivity index (χ0) is 24.6. The van der Waals surface area contributed by atoms with Crippen LogP contribution in [0, 0.1) is 22.7 Å². The second-order valence-electron chi connectivity index (χ2n) is 11.2. The topological polar surface area (TPSA) is 80.5 Å². The average molecular weight is 477 g/mol. The molecule has 3 heterocycles. The number of fused-ring (bicyclic) bond motifs is 1. The fraction of sp³-hybridized carbons (Fsp3) is 0.367. The number of hydrogen-bond donors (Lipinski definition) is 1. The van der Waals surface area contributed by atoms with Crippen LogP contribution in [0.15, 0.2) is 49.1 Å². The van der Waals surface area contributed by atoms with E-state index >= 15 is 0 Å². The number of hydrogen-bond acceptors (Lipinski definition) is 5. The Morgan fingerprint density at radius 3 is 2.75 bits per heavy atom. The van der Waals surface area contributed by atoms with Gasteiger partial charge in [0, 0.05) is 54.3 Å². The highest BCUT2D eigenvalue weighted by molar-refractivity contribution is 6.02. The first-order valence-electron chi connectivity index (χ1n) is 12.8. The number of phenolic OH excluding ortho intramolecular Hbond substituents is 1. The largest absolute Gasteiger partial charge is 0.507 e. The van der Waals surface area contributed by atoms with E-state index in [0.717, 1.165) is 90.8 Å². The molecule has 3 aliphatic carbocycles. The molecule has 1 amide bonds. The Labute approximate surface area is 210 Å². The van der Waals surface area contributed by atoms with Crippen molar-refractivity contribution in [3.8, 4) is 22.9 Å². The van der Waals surface area contributed by atoms with Crippen molar-refractivity contribution in [1.82, 2.24) is 9.88 Å². The van der Waals surface area contributed by atoms with E-state index < -0.39 is 0 Å². The lowest BCUT2D eigenvalue weighted by Gasteiger charge is -2.47. The maximum atomic E-state index is 12.0. The van der Waals surface area contributed by atoms with Crippen LogP contribution in [0.3, 0.4) is 0 Å². The average Bonchev–Trinajstić information content (AvgIpc) is 3.31. The molecule has 2 saturated heterocycles. The summed E-state index contributed by atoms with van der Waals surface area (Å²) in [6.07, 6.45) is 5.59. The molecule has 6 nitrogen and oxygen atoms in total. The molecule has 2 aliphatic heterocycles. The third kappa shape index (κ3) is 2.95. The number of nitriles is 1. The third-order valence-electron chi connectivity index (χ3n) is 8.97. The van der Waals surface area contributed by atoms with Crippen LogP contribution in [-0.2, 0) is 11.2 Å². The maximum Gasteiger partial charge on any atom is 0.245 e. The summed E-state index contributed by atoms with van der Waals surface area (Å²) in [6.45, 7) is 6.65. The monoisotopic (exact) mass is 476 g/mol. The summed E-state index contributed by atoms with van der Waals surface area (Å²) in [5.41, 5.74) is 4.51. The van der Waals surface area contributed by atoms with Crippen LogP contribution in [0.2, 0.25) is 0 Å². The molecule has 1 aromatic heterocycles. The summed E-state index contributed by atoms with van der Waals surface area (Å²) < 4.78 is 0. The smallest absolute Gasteiger partial charge is 0.245 e. The van der Waals surface area contributed by atoms with Crippen LogP contribution >= 0.6 is 0 Å². The standard InChI is InChI=1S/C30H28N4O2/c1-2-25(36)34-16-30(17-34)9-10-33(15-30)29-23(14-31)26(22-13-18-11-20(12-18)28(22)32-29)27-21-6-4-3-5-19(21)7-8-24(27)35/h2-8,18,20,35H,1,9-13,15-17H2. The number of anilines is 1. The number of benzene rings is 2. The van der Waals surface area contributed by atoms with Gasteiger partial charge >= 0.3 is 0 Å². The van der Waals surface area contributed by atoms with Crippen molar-refractivity contribution < 1.29 is 9.90 Å². The number of likely N-dealkylation sites (tertiary alicyclic amines) is 1. The molecular formula is C30H28N4O2. The van der Waals surface area contributed by atoms with Crippen molar-refractivity contribution in [2.45, 2.75) is 31.6 Å². The summed E-state index contributed by atoms with van der Waals surface area (Å²) in [5, 5.41) is 23.7. The van der Waals surface area contributed by atoms with Crippen LogP contribution < -0.4 is 4.90 Å². The number of nitrogens with zero attached hydrogens (tertiary/aromatic N) is 4. The zero-order valence-corrected chi connectivity index (χ0v) is 20.2. The number of carbonyl (C=O) groups excluding carboxylic acids is 1. The molecule has 8 rings (SSSR count). The third-order valence-corrected chi connectivity index (χ3v) is 8.97. The summed E-state index contributed by atoms with van der Waals surface area (Å²) in [5.74, 6) is 2.00. The van der Waals surface area contributed by atoms with E-state index in [9.17, 15) is 15.2 Å². The van der Waals surface area contributed by atoms with Gasteiger partial charge in [0.2, 0.25) is 5.91 Å². The minimum Gasteiger partial charge on any atom is -0.507 e. The van der Waals surface area contributed by atoms with Gasteiger partial charge in [-0.3, -0.25) is 4.79 Å². The number of rotatable bonds is 3. The first kappa shape index (κ1) is 21.4. The van der Waals surface area contributed by atoms with Crippen LogP contribution in [0.1, 0.15) is 42.0 Å². The summed E-state index contributed by atoms with van der Waals surface area (Å²) in [4.78, 5) is 21.3. The predicted molar refractivity (Wildman–Crippen MR) is 139 cm³/mol. The molecule has 36 heavy (non-hydrogen) atoms. The van der Waals surface area contributed by atoms with Gasteiger partial charge in [-0.15, -0.1) is 0 Å². The van der Waals surface area contributed by atoms with Gasteiger partial charge in [-0.2, -0.15) is 5.26 Å². The van der Waals surface area contributed by atoms with Gasteiger partial charge in [-0.1, -0.05) is 36.9 Å². The molecule has 2 aromatic carbocycles. The van der Waals surface area contributed by atoms with Crippen molar-refractivity contribution in [3.05, 3.63) is 65.9 Å². The van der Waals surface area contributed by atoms with Gasteiger partial charge in [0.25, 0.3) is 0 Å². The molecule has 0 atom stereocenters. The molecule has 1 saturated carbocycles. The molecule has 0 radical (unpaired) electrons. The van der Waals surface area contributed by atoms with Crippen molar-refractivity contribution in [3.63, 3.8) is 0 Å². The number of aromatic hydroxyl groups is 1. The molecule has 2 bridgehead atoms. The molecule has 1 spiro atoms. The molecule has 5 aliphatic rings. The van der Waals surface area contributed by atoms with Gasteiger partial charge in [-0.25, -0.2) is 4.98 Å². The van der Waals surface area contributed by atoms with Crippen LogP contribution in [0.5, 0.6) is 5.75 Å². The van der Waals surface area contributed by atoms with Gasteiger partial charge < -0.3 is 14.9 Å². The molecular weight excluding hydrogens is 448 g/mol. The normalized spacial score (nSPS) is 23.1. The molecule has 6 heteroatoms. The van der Waals surface area contributed by atoms with E-state index in [4.69, 9.17) is 4.98 Å². The van der Waals surface area contributed by atoms with E-state index in [1.165, 1.54) is 6.08 Å². The van der Waals surface area contributed by atoms with Crippen molar-refractivity contribution in [1.29, 1.82) is 5.26 Å². The number of amides is 1. The van der Waals surface area contributed by atoms with Gasteiger partial charge in [0.1, 0.15) is 23.2 Å². The van der Waals surface area contributed by atoms with Gasteiger partial charge in [0.05, 0.1) is 0 Å². The fourth-order valence-electron chi connectivity index (χ4n) is 7.14. The number of pyridine rings is 1. The Morgan fingerprint density at radius 2 is 1.97 bits per heavy atom. The van der Waals surface area contributed by atoms with E-state index in [1.807, 2.05) is 35.2 Å². The van der Waals surface area contributed by atoms with Crippen molar-refractivity contribution >= 4 is 22.5 Å². The van der Waals surface area contributed by atoms with Crippen molar-refractivity contribution in [2.75, 3.05) is 31.1 Å².